The molecule has 0 bridgehead atoms. The van der Waals surface area contributed by atoms with Gasteiger partial charge in [0.25, 0.3) is 0 Å². The van der Waals surface area contributed by atoms with Crippen LogP contribution in [-0.4, -0.2) is 6.54 Å². The van der Waals surface area contributed by atoms with Gasteiger partial charge in [0.05, 0.1) is 11.0 Å². The summed E-state index contributed by atoms with van der Waals surface area (Å²) in [6.07, 6.45) is 5.67. The summed E-state index contributed by atoms with van der Waals surface area (Å²) in [6.45, 7) is 7.79. The number of rotatable bonds is 6. The van der Waals surface area contributed by atoms with Crippen LogP contribution in [0.2, 0.25) is 0 Å². The predicted octanol–water partition coefficient (Wildman–Crippen LogP) is 1.55. The molecule has 0 aliphatic carbocycles. The normalized spacial score (nSPS) is 13.1. The summed E-state index contributed by atoms with van der Waals surface area (Å²) in [5, 5.41) is 3.15. The molecule has 14 heavy (non-hydrogen) atoms. The van der Waals surface area contributed by atoms with Crippen LogP contribution in [-0.2, 0) is 0 Å². The summed E-state index contributed by atoms with van der Waals surface area (Å²) in [6, 6.07) is 0. The molecule has 5 N–H and O–H groups in total. The molecule has 0 spiro atoms. The third-order valence-electron chi connectivity index (χ3n) is 1.46. The van der Waals surface area contributed by atoms with Gasteiger partial charge in [0.1, 0.15) is 0 Å². The van der Waals surface area contributed by atoms with E-state index in [1.165, 1.54) is 0 Å². The van der Waals surface area contributed by atoms with Crippen LogP contribution in [0.25, 0.3) is 0 Å². The summed E-state index contributed by atoms with van der Waals surface area (Å²) in [5.74, 6) is 0.536. The lowest BCUT2D eigenvalue weighted by molar-refractivity contribution is 0.866. The number of halogens is 1. The summed E-state index contributed by atoms with van der Waals surface area (Å²) >= 11 is 5.55. The molecule has 0 unspecified atom stereocenters. The van der Waals surface area contributed by atoms with Crippen LogP contribution in [0.3, 0.4) is 0 Å². The van der Waals surface area contributed by atoms with Crippen LogP contribution in [0, 0.1) is 0 Å². The van der Waals surface area contributed by atoms with E-state index in [9.17, 15) is 0 Å². The molecule has 0 aromatic heterocycles. The fourth-order valence-corrected chi connectivity index (χ4v) is 0.996. The van der Waals surface area contributed by atoms with E-state index in [2.05, 4.69) is 18.5 Å². The van der Waals surface area contributed by atoms with Crippen LogP contribution in [0.4, 0.5) is 0 Å². The topological polar surface area (TPSA) is 64.1 Å². The third-order valence-corrected chi connectivity index (χ3v) is 1.57. The summed E-state index contributed by atoms with van der Waals surface area (Å²) in [7, 11) is 0. The van der Waals surface area contributed by atoms with Crippen LogP contribution < -0.4 is 16.8 Å². The molecule has 0 saturated carbocycles. The average Bonchev–Trinajstić information content (AvgIpc) is 2.13. The van der Waals surface area contributed by atoms with Crippen molar-refractivity contribution in [2.45, 2.75) is 6.42 Å². The van der Waals surface area contributed by atoms with E-state index in [0.717, 1.165) is 5.57 Å². The number of nitrogens with one attached hydrogen (secondary N) is 1. The molecule has 0 aliphatic heterocycles. The predicted molar refractivity (Wildman–Crippen MR) is 62.4 cm³/mol. The lowest BCUT2D eigenvalue weighted by Gasteiger charge is -2.08. The summed E-state index contributed by atoms with van der Waals surface area (Å²) < 4.78 is 0. The molecule has 0 saturated heterocycles. The van der Waals surface area contributed by atoms with E-state index < -0.39 is 0 Å². The molecule has 0 heterocycles. The fraction of sp³-hybridized carbons (Fsp3) is 0.200. The van der Waals surface area contributed by atoms with E-state index in [0.29, 0.717) is 18.8 Å². The molecule has 0 atom stereocenters. The highest BCUT2D eigenvalue weighted by Gasteiger charge is 1.98. The van der Waals surface area contributed by atoms with Crippen molar-refractivity contribution in [3.8, 4) is 0 Å². The minimum absolute atomic E-state index is 0.199. The van der Waals surface area contributed by atoms with Gasteiger partial charge < -0.3 is 16.8 Å². The number of hydrogen-bond donors (Lipinski definition) is 3. The maximum absolute atomic E-state index is 5.75. The van der Waals surface area contributed by atoms with Crippen LogP contribution in [0.1, 0.15) is 6.42 Å². The van der Waals surface area contributed by atoms with Crippen molar-refractivity contribution in [1.29, 1.82) is 0 Å². The fourth-order valence-electron chi connectivity index (χ4n) is 0.864. The van der Waals surface area contributed by atoms with Crippen molar-refractivity contribution in [2.24, 2.45) is 11.5 Å². The van der Waals surface area contributed by atoms with Crippen molar-refractivity contribution in [3.63, 3.8) is 0 Å². The van der Waals surface area contributed by atoms with Gasteiger partial charge in [-0.25, -0.2) is 0 Å². The molecule has 0 aliphatic rings. The molecule has 0 rings (SSSR count). The van der Waals surface area contributed by atoms with Gasteiger partial charge >= 0.3 is 0 Å². The Hall–Kier alpha value is -1.35. The smallest absolute Gasteiger partial charge is 0.0999 e. The Kier molecular flexibility index (Phi) is 6.41. The first-order valence-electron chi connectivity index (χ1n) is 4.18. The van der Waals surface area contributed by atoms with Crippen LogP contribution >= 0.6 is 11.6 Å². The van der Waals surface area contributed by atoms with Gasteiger partial charge in [0, 0.05) is 6.54 Å². The van der Waals surface area contributed by atoms with Crippen molar-refractivity contribution >= 4 is 11.6 Å². The Morgan fingerprint density at radius 3 is 2.36 bits per heavy atom. The van der Waals surface area contributed by atoms with E-state index in [-0.39, 0.29) is 5.16 Å². The molecular formula is C10H16ClN3. The second-order valence-electron chi connectivity index (χ2n) is 2.63. The molecule has 0 amide bonds. The third kappa shape index (κ3) is 5.32. The van der Waals surface area contributed by atoms with Gasteiger partial charge in [-0.2, -0.15) is 0 Å². The minimum atomic E-state index is 0.199. The van der Waals surface area contributed by atoms with Crippen molar-refractivity contribution in [1.82, 2.24) is 5.32 Å². The highest BCUT2D eigenvalue weighted by molar-refractivity contribution is 6.29. The highest BCUT2D eigenvalue weighted by Crippen LogP contribution is 2.09. The van der Waals surface area contributed by atoms with Gasteiger partial charge in [0.15, 0.2) is 0 Å². The maximum Gasteiger partial charge on any atom is 0.0999 e. The van der Waals surface area contributed by atoms with Crippen molar-refractivity contribution in [3.05, 3.63) is 47.9 Å². The molecule has 0 aromatic rings. The first-order valence-corrected chi connectivity index (χ1v) is 4.56. The Morgan fingerprint density at radius 2 is 1.93 bits per heavy atom. The maximum atomic E-state index is 5.75. The minimum Gasteiger partial charge on any atom is -0.389 e. The average molecular weight is 214 g/mol. The molecular weight excluding hydrogens is 198 g/mol. The lowest BCUT2D eigenvalue weighted by atomic mass is 10.2. The van der Waals surface area contributed by atoms with Gasteiger partial charge in [-0.3, -0.25) is 0 Å². The summed E-state index contributed by atoms with van der Waals surface area (Å²) in [4.78, 5) is 0. The van der Waals surface area contributed by atoms with Crippen molar-refractivity contribution < 1.29 is 0 Å². The number of allylic oxidation sites excluding steroid dienone is 3. The summed E-state index contributed by atoms with van der Waals surface area (Å²) in [5.41, 5.74) is 11.9. The van der Waals surface area contributed by atoms with E-state index in [4.69, 9.17) is 23.1 Å². The number of hydrogen-bond acceptors (Lipinski definition) is 3. The molecule has 0 aromatic carbocycles. The Bertz CT molecular complexity index is 263. The first-order chi connectivity index (χ1) is 6.61. The molecule has 78 valence electrons. The molecule has 0 radical (unpaired) electrons. The molecule has 4 heteroatoms. The quantitative estimate of drug-likeness (QED) is 0.356. The SMILES string of the molecule is C=CCN/C(N)=C(/C=C(\N)Cl)CC=C. The lowest BCUT2D eigenvalue weighted by Crippen LogP contribution is -2.22. The zero-order chi connectivity index (χ0) is 11.0. The van der Waals surface area contributed by atoms with E-state index >= 15 is 0 Å². The molecule has 0 fully saturated rings. The molecule has 3 nitrogen and oxygen atoms in total. The number of nitrogens with two attached hydrogens (primary N) is 2. The van der Waals surface area contributed by atoms with Crippen LogP contribution in [0.5, 0.6) is 0 Å². The van der Waals surface area contributed by atoms with Crippen LogP contribution in [0.15, 0.2) is 47.9 Å². The Labute approximate surface area is 89.8 Å². The Balaban J connectivity index is 4.65. The highest BCUT2D eigenvalue weighted by atomic mass is 35.5. The zero-order valence-electron chi connectivity index (χ0n) is 8.09. The van der Waals surface area contributed by atoms with Gasteiger partial charge in [-0.1, -0.05) is 23.8 Å². The van der Waals surface area contributed by atoms with E-state index in [1.807, 2.05) is 0 Å². The van der Waals surface area contributed by atoms with Crippen molar-refractivity contribution in [2.75, 3.05) is 6.54 Å². The van der Waals surface area contributed by atoms with Gasteiger partial charge in [-0.15, -0.1) is 13.2 Å². The standard InChI is InChI=1S/C10H16ClN3/c1-3-5-8(7-9(11)12)10(13)14-6-4-2/h3-4,7,14H,1-2,5-6,12-13H2/b9-7-,10-8+. The van der Waals surface area contributed by atoms with Gasteiger partial charge in [0.2, 0.25) is 0 Å². The monoisotopic (exact) mass is 213 g/mol. The van der Waals surface area contributed by atoms with Gasteiger partial charge in [-0.05, 0) is 18.1 Å². The second kappa shape index (κ2) is 7.09. The zero-order valence-corrected chi connectivity index (χ0v) is 8.85. The second-order valence-corrected chi connectivity index (χ2v) is 3.07. The first kappa shape index (κ1) is 12.7. The Morgan fingerprint density at radius 1 is 1.29 bits per heavy atom. The largest absolute Gasteiger partial charge is 0.389 e. The van der Waals surface area contributed by atoms with E-state index in [1.54, 1.807) is 18.2 Å².